The minimum atomic E-state index is -4.26. The van der Waals surface area contributed by atoms with Crippen LogP contribution in [0.15, 0.2) is 24.3 Å². The van der Waals surface area contributed by atoms with Crippen molar-refractivity contribution in [1.82, 2.24) is 5.32 Å². The first-order chi connectivity index (χ1) is 7.48. The van der Waals surface area contributed by atoms with E-state index in [4.69, 9.17) is 0 Å². The van der Waals surface area contributed by atoms with Gasteiger partial charge in [0.05, 0.1) is 5.56 Å². The highest BCUT2D eigenvalue weighted by atomic mass is 19.4. The quantitative estimate of drug-likeness (QED) is 0.777. The van der Waals surface area contributed by atoms with E-state index in [2.05, 4.69) is 5.32 Å². The van der Waals surface area contributed by atoms with E-state index in [0.717, 1.165) is 18.9 Å². The van der Waals surface area contributed by atoms with E-state index in [1.807, 2.05) is 6.92 Å². The number of benzene rings is 1. The zero-order valence-corrected chi connectivity index (χ0v) is 9.01. The molecule has 0 amide bonds. The highest BCUT2D eigenvalue weighted by Gasteiger charge is 2.36. The summed E-state index contributed by atoms with van der Waals surface area (Å²) < 4.78 is 38.3. The Kier molecular flexibility index (Phi) is 2.93. The SMILES string of the molecule is CC1CCC(c2ccccc2C(F)(F)F)N1. The topological polar surface area (TPSA) is 12.0 Å². The van der Waals surface area contributed by atoms with Crippen molar-refractivity contribution in [3.8, 4) is 0 Å². The fourth-order valence-corrected chi connectivity index (χ4v) is 2.23. The molecule has 0 radical (unpaired) electrons. The third-order valence-corrected chi connectivity index (χ3v) is 3.02. The molecule has 0 aromatic heterocycles. The molecule has 1 saturated heterocycles. The predicted octanol–water partition coefficient (Wildman–Crippen LogP) is 3.52. The molecular weight excluding hydrogens is 215 g/mol. The van der Waals surface area contributed by atoms with Crippen molar-refractivity contribution in [1.29, 1.82) is 0 Å². The monoisotopic (exact) mass is 229 g/mol. The van der Waals surface area contributed by atoms with Crippen molar-refractivity contribution >= 4 is 0 Å². The van der Waals surface area contributed by atoms with Crippen LogP contribution in [0.25, 0.3) is 0 Å². The van der Waals surface area contributed by atoms with E-state index in [1.165, 1.54) is 6.07 Å². The van der Waals surface area contributed by atoms with Gasteiger partial charge in [0.25, 0.3) is 0 Å². The zero-order chi connectivity index (χ0) is 11.8. The smallest absolute Gasteiger partial charge is 0.307 e. The fraction of sp³-hybridized carbons (Fsp3) is 0.500. The second kappa shape index (κ2) is 4.09. The summed E-state index contributed by atoms with van der Waals surface area (Å²) in [5.41, 5.74) is -0.138. The molecule has 1 fully saturated rings. The van der Waals surface area contributed by atoms with Gasteiger partial charge in [-0.1, -0.05) is 18.2 Å². The number of alkyl halides is 3. The number of rotatable bonds is 1. The van der Waals surface area contributed by atoms with E-state index in [9.17, 15) is 13.2 Å². The van der Waals surface area contributed by atoms with Crippen LogP contribution in [0.1, 0.15) is 36.9 Å². The zero-order valence-electron chi connectivity index (χ0n) is 9.01. The molecule has 2 rings (SSSR count). The summed E-state index contributed by atoms with van der Waals surface area (Å²) in [6.07, 6.45) is -2.56. The van der Waals surface area contributed by atoms with Crippen molar-refractivity contribution in [2.24, 2.45) is 0 Å². The van der Waals surface area contributed by atoms with Crippen LogP contribution >= 0.6 is 0 Å². The lowest BCUT2D eigenvalue weighted by Gasteiger charge is -2.18. The van der Waals surface area contributed by atoms with Crippen molar-refractivity contribution in [3.63, 3.8) is 0 Å². The Morgan fingerprint density at radius 3 is 2.44 bits per heavy atom. The van der Waals surface area contributed by atoms with Crippen LogP contribution in [0.5, 0.6) is 0 Å². The summed E-state index contributed by atoms with van der Waals surface area (Å²) in [4.78, 5) is 0. The van der Waals surface area contributed by atoms with Crippen LogP contribution in [0.2, 0.25) is 0 Å². The Labute approximate surface area is 92.7 Å². The molecule has 0 saturated carbocycles. The van der Waals surface area contributed by atoms with Crippen LogP contribution in [0.4, 0.5) is 13.2 Å². The van der Waals surface area contributed by atoms with E-state index >= 15 is 0 Å². The predicted molar refractivity (Wildman–Crippen MR) is 56.0 cm³/mol. The Morgan fingerprint density at radius 2 is 1.88 bits per heavy atom. The number of hydrogen-bond donors (Lipinski definition) is 1. The molecule has 1 aromatic carbocycles. The third-order valence-electron chi connectivity index (χ3n) is 3.02. The Morgan fingerprint density at radius 1 is 1.19 bits per heavy atom. The van der Waals surface area contributed by atoms with E-state index in [-0.39, 0.29) is 6.04 Å². The van der Waals surface area contributed by atoms with Crippen molar-refractivity contribution in [3.05, 3.63) is 35.4 Å². The molecule has 0 bridgehead atoms. The van der Waals surface area contributed by atoms with Gasteiger partial charge in [-0.05, 0) is 31.4 Å². The van der Waals surface area contributed by atoms with Gasteiger partial charge in [-0.25, -0.2) is 0 Å². The lowest BCUT2D eigenvalue weighted by atomic mass is 9.99. The van der Waals surface area contributed by atoms with Crippen LogP contribution < -0.4 is 5.32 Å². The minimum Gasteiger partial charge on any atom is -0.307 e. The highest BCUT2D eigenvalue weighted by molar-refractivity contribution is 5.33. The first kappa shape index (κ1) is 11.5. The molecule has 0 aliphatic carbocycles. The molecule has 2 atom stereocenters. The first-order valence-corrected chi connectivity index (χ1v) is 5.40. The number of nitrogens with one attached hydrogen (secondary N) is 1. The maximum atomic E-state index is 12.8. The average molecular weight is 229 g/mol. The first-order valence-electron chi connectivity index (χ1n) is 5.40. The molecule has 0 spiro atoms. The van der Waals surface area contributed by atoms with E-state index < -0.39 is 11.7 Å². The molecule has 1 aromatic rings. The molecule has 1 nitrogen and oxygen atoms in total. The summed E-state index contributed by atoms with van der Waals surface area (Å²) >= 11 is 0. The van der Waals surface area contributed by atoms with Gasteiger partial charge in [0.2, 0.25) is 0 Å². The molecule has 1 aliphatic rings. The van der Waals surface area contributed by atoms with Crippen molar-refractivity contribution in [2.45, 2.75) is 38.0 Å². The standard InChI is InChI=1S/C12H14F3N/c1-8-6-7-11(16-8)9-4-2-3-5-10(9)12(13,14)15/h2-5,8,11,16H,6-7H2,1H3. The second-order valence-electron chi connectivity index (χ2n) is 4.28. The number of hydrogen-bond acceptors (Lipinski definition) is 1. The van der Waals surface area contributed by atoms with Gasteiger partial charge in [0, 0.05) is 12.1 Å². The molecule has 2 unspecified atom stereocenters. The lowest BCUT2D eigenvalue weighted by Crippen LogP contribution is -2.23. The van der Waals surface area contributed by atoms with Gasteiger partial charge < -0.3 is 5.32 Å². The van der Waals surface area contributed by atoms with Crippen molar-refractivity contribution < 1.29 is 13.2 Å². The molecule has 1 N–H and O–H groups in total. The Bertz CT molecular complexity index is 373. The van der Waals surface area contributed by atoms with E-state index in [0.29, 0.717) is 11.6 Å². The maximum Gasteiger partial charge on any atom is 0.416 e. The number of halogens is 3. The summed E-state index contributed by atoms with van der Waals surface area (Å²) in [5.74, 6) is 0. The normalized spacial score (nSPS) is 26.0. The van der Waals surface area contributed by atoms with Gasteiger partial charge in [-0.3, -0.25) is 0 Å². The Balaban J connectivity index is 2.34. The van der Waals surface area contributed by atoms with Gasteiger partial charge in [0.1, 0.15) is 0 Å². The van der Waals surface area contributed by atoms with Crippen LogP contribution in [-0.4, -0.2) is 6.04 Å². The fourth-order valence-electron chi connectivity index (χ4n) is 2.23. The molecule has 4 heteroatoms. The second-order valence-corrected chi connectivity index (χ2v) is 4.28. The molecule has 1 aliphatic heterocycles. The summed E-state index contributed by atoms with van der Waals surface area (Å²) in [5, 5.41) is 3.18. The van der Waals surface area contributed by atoms with Gasteiger partial charge in [0.15, 0.2) is 0 Å². The van der Waals surface area contributed by atoms with Gasteiger partial charge >= 0.3 is 6.18 Å². The van der Waals surface area contributed by atoms with Crippen LogP contribution in [0.3, 0.4) is 0 Å². The molecular formula is C12H14F3N. The third kappa shape index (κ3) is 2.21. The van der Waals surface area contributed by atoms with Crippen LogP contribution in [0, 0.1) is 0 Å². The summed E-state index contributed by atoms with van der Waals surface area (Å²) in [6.45, 7) is 2.00. The average Bonchev–Trinajstić information content (AvgIpc) is 2.64. The Hall–Kier alpha value is -1.03. The minimum absolute atomic E-state index is 0.159. The summed E-state index contributed by atoms with van der Waals surface area (Å²) in [7, 11) is 0. The molecule has 1 heterocycles. The van der Waals surface area contributed by atoms with Crippen molar-refractivity contribution in [2.75, 3.05) is 0 Å². The largest absolute Gasteiger partial charge is 0.416 e. The summed E-state index contributed by atoms with van der Waals surface area (Å²) in [6, 6.07) is 5.96. The molecule has 16 heavy (non-hydrogen) atoms. The molecule has 88 valence electrons. The van der Waals surface area contributed by atoms with Gasteiger partial charge in [-0.2, -0.15) is 13.2 Å². The van der Waals surface area contributed by atoms with Crippen LogP contribution in [-0.2, 0) is 6.18 Å². The van der Waals surface area contributed by atoms with Gasteiger partial charge in [-0.15, -0.1) is 0 Å². The lowest BCUT2D eigenvalue weighted by molar-refractivity contribution is -0.138. The van der Waals surface area contributed by atoms with E-state index in [1.54, 1.807) is 12.1 Å². The highest BCUT2D eigenvalue weighted by Crippen LogP contribution is 2.37. The maximum absolute atomic E-state index is 12.8.